The largest absolute Gasteiger partial charge is 0.355 e. The predicted octanol–water partition coefficient (Wildman–Crippen LogP) is -0.528. The summed E-state index contributed by atoms with van der Waals surface area (Å²) in [6.45, 7) is 1.97. The first-order valence-corrected chi connectivity index (χ1v) is 11.8. The third kappa shape index (κ3) is 16.7. The third-order valence-electron chi connectivity index (χ3n) is 2.75. The zero-order valence-corrected chi connectivity index (χ0v) is 17.8. The van der Waals surface area contributed by atoms with Gasteiger partial charge in [0.2, 0.25) is 23.6 Å². The van der Waals surface area contributed by atoms with Crippen LogP contribution in [0.4, 0.5) is 0 Å². The molecule has 0 aliphatic carbocycles. The maximum Gasteiger partial charge on any atom is 0.230 e. The van der Waals surface area contributed by atoms with Gasteiger partial charge in [-0.2, -0.15) is 25.3 Å². The van der Waals surface area contributed by atoms with E-state index in [0.29, 0.717) is 39.0 Å². The van der Waals surface area contributed by atoms with E-state index in [-0.39, 0.29) is 46.6 Å². The summed E-state index contributed by atoms with van der Waals surface area (Å²) in [6.07, 6.45) is 1.31. The van der Waals surface area contributed by atoms with Gasteiger partial charge >= 0.3 is 0 Å². The monoisotopic (exact) mass is 442 g/mol. The van der Waals surface area contributed by atoms with Crippen LogP contribution in [0.1, 0.15) is 12.8 Å². The van der Waals surface area contributed by atoms with Crippen LogP contribution >= 0.6 is 46.8 Å². The summed E-state index contributed by atoms with van der Waals surface area (Å²) in [5, 5.41) is 10.8. The Morgan fingerprint density at radius 1 is 0.577 bits per heavy atom. The van der Waals surface area contributed by atoms with Gasteiger partial charge in [-0.05, 0) is 12.8 Å². The second-order valence-electron chi connectivity index (χ2n) is 4.95. The third-order valence-corrected chi connectivity index (χ3v) is 5.45. The lowest BCUT2D eigenvalue weighted by molar-refractivity contribution is -0.119. The van der Waals surface area contributed by atoms with Crippen LogP contribution in [0.2, 0.25) is 0 Å². The van der Waals surface area contributed by atoms with E-state index in [0.717, 1.165) is 0 Å². The second-order valence-corrected chi connectivity index (χ2v) is 8.04. The van der Waals surface area contributed by atoms with Crippen LogP contribution in [-0.4, -0.2) is 72.8 Å². The van der Waals surface area contributed by atoms with Crippen LogP contribution in [0.25, 0.3) is 0 Å². The number of carbonyl (C=O) groups is 4. The molecule has 4 N–H and O–H groups in total. The van der Waals surface area contributed by atoms with Crippen molar-refractivity contribution in [3.8, 4) is 0 Å². The molecule has 0 bridgehead atoms. The van der Waals surface area contributed by atoms with Crippen molar-refractivity contribution in [1.29, 1.82) is 0 Å². The lowest BCUT2D eigenvalue weighted by Crippen LogP contribution is -2.31. The van der Waals surface area contributed by atoms with E-state index >= 15 is 0 Å². The molecule has 150 valence electrons. The van der Waals surface area contributed by atoms with E-state index < -0.39 is 0 Å². The fourth-order valence-electron chi connectivity index (χ4n) is 1.49. The van der Waals surface area contributed by atoms with Crippen LogP contribution < -0.4 is 21.3 Å². The molecule has 0 saturated heterocycles. The van der Waals surface area contributed by atoms with Gasteiger partial charge in [0.25, 0.3) is 0 Å². The molecule has 0 atom stereocenters. The molecule has 0 fully saturated rings. The number of rotatable bonds is 15. The topological polar surface area (TPSA) is 116 Å². The molecule has 0 heterocycles. The van der Waals surface area contributed by atoms with Gasteiger partial charge in [0.1, 0.15) is 0 Å². The molecule has 26 heavy (non-hydrogen) atoms. The quantitative estimate of drug-likeness (QED) is 0.115. The Morgan fingerprint density at radius 3 is 1.19 bits per heavy atom. The van der Waals surface area contributed by atoms with Crippen molar-refractivity contribution in [2.45, 2.75) is 12.8 Å². The van der Waals surface area contributed by atoms with Crippen molar-refractivity contribution in [3.05, 3.63) is 0 Å². The molecule has 0 rings (SSSR count). The molecule has 0 aromatic heterocycles. The minimum absolute atomic E-state index is 0.108. The van der Waals surface area contributed by atoms with Crippen molar-refractivity contribution in [2.75, 3.05) is 49.2 Å². The van der Waals surface area contributed by atoms with Gasteiger partial charge in [0.05, 0.1) is 23.0 Å². The zero-order chi connectivity index (χ0) is 19.6. The average Bonchev–Trinajstić information content (AvgIpc) is 2.64. The van der Waals surface area contributed by atoms with E-state index in [1.54, 1.807) is 0 Å². The highest BCUT2D eigenvalue weighted by atomic mass is 33.1. The normalized spacial score (nSPS) is 10.1. The Balaban J connectivity index is 3.43. The van der Waals surface area contributed by atoms with Gasteiger partial charge in [-0.15, -0.1) is 0 Å². The van der Waals surface area contributed by atoms with Crippen molar-refractivity contribution in [2.24, 2.45) is 0 Å². The molecule has 0 saturated carbocycles. The molecular formula is C14H26N4O4S4. The van der Waals surface area contributed by atoms with Crippen LogP contribution in [0.3, 0.4) is 0 Å². The first-order valence-electron chi connectivity index (χ1n) is 8.02. The fraction of sp³-hybridized carbons (Fsp3) is 0.714. The molecule has 0 unspecified atom stereocenters. The Bertz CT molecular complexity index is 415. The fourth-order valence-corrected chi connectivity index (χ4v) is 3.44. The molecule has 0 aromatic rings. The van der Waals surface area contributed by atoms with Crippen LogP contribution in [0.5, 0.6) is 0 Å². The highest BCUT2D eigenvalue weighted by Gasteiger charge is 2.05. The summed E-state index contributed by atoms with van der Waals surface area (Å²) in [4.78, 5) is 45.0. The predicted molar refractivity (Wildman–Crippen MR) is 114 cm³/mol. The van der Waals surface area contributed by atoms with Crippen molar-refractivity contribution >= 4 is 70.5 Å². The lowest BCUT2D eigenvalue weighted by Gasteiger charge is -2.07. The van der Waals surface area contributed by atoms with E-state index in [4.69, 9.17) is 0 Å². The molecule has 0 radical (unpaired) electrons. The molecule has 0 aromatic carbocycles. The summed E-state index contributed by atoms with van der Waals surface area (Å²) in [5.74, 6) is 0.347. The molecular weight excluding hydrogens is 416 g/mol. The smallest absolute Gasteiger partial charge is 0.230 e. The second kappa shape index (κ2) is 17.7. The maximum atomic E-state index is 11.6. The molecule has 0 aliphatic heterocycles. The number of amides is 4. The molecule has 0 spiro atoms. The van der Waals surface area contributed by atoms with Gasteiger partial charge < -0.3 is 21.3 Å². The summed E-state index contributed by atoms with van der Waals surface area (Å²) >= 11 is 7.68. The molecule has 12 heteroatoms. The number of carbonyl (C=O) groups excluding carboxylic acids is 4. The Kier molecular flexibility index (Phi) is 17.2. The van der Waals surface area contributed by atoms with Crippen LogP contribution in [-0.2, 0) is 19.2 Å². The van der Waals surface area contributed by atoms with E-state index in [1.807, 2.05) is 0 Å². The molecule has 0 aliphatic rings. The first kappa shape index (κ1) is 25.3. The number of thiol groups is 2. The SMILES string of the molecule is O=C(CS)NCCCNC(=O)CSSCC(=O)NCCCNC(=O)CS. The van der Waals surface area contributed by atoms with Crippen molar-refractivity contribution in [3.63, 3.8) is 0 Å². The maximum absolute atomic E-state index is 11.6. The Morgan fingerprint density at radius 2 is 0.885 bits per heavy atom. The highest BCUT2D eigenvalue weighted by Crippen LogP contribution is 2.19. The standard InChI is InChI=1S/C14H26N4O4S4/c19-11(7-23)15-3-1-5-17-13(21)9-25-26-10-14(22)18-6-2-4-16-12(20)8-24/h23-24H,1-10H2,(H,15,19)(H,16,20)(H,17,21)(H,18,22). The minimum atomic E-state index is -0.132. The minimum Gasteiger partial charge on any atom is -0.355 e. The number of hydrogen-bond donors (Lipinski definition) is 6. The highest BCUT2D eigenvalue weighted by molar-refractivity contribution is 8.77. The van der Waals surface area contributed by atoms with Gasteiger partial charge in [0, 0.05) is 26.2 Å². The number of nitrogens with one attached hydrogen (secondary N) is 4. The van der Waals surface area contributed by atoms with Gasteiger partial charge in [-0.3, -0.25) is 19.2 Å². The number of hydrogen-bond acceptors (Lipinski definition) is 8. The van der Waals surface area contributed by atoms with Gasteiger partial charge in [-0.1, -0.05) is 21.6 Å². The summed E-state index contributed by atoms with van der Waals surface area (Å²) in [6, 6.07) is 0. The zero-order valence-electron chi connectivity index (χ0n) is 14.4. The molecule has 8 nitrogen and oxygen atoms in total. The van der Waals surface area contributed by atoms with Crippen LogP contribution in [0, 0.1) is 0 Å². The van der Waals surface area contributed by atoms with Gasteiger partial charge in [-0.25, -0.2) is 0 Å². The summed E-state index contributed by atoms with van der Waals surface area (Å²) < 4.78 is 0. The van der Waals surface area contributed by atoms with Gasteiger partial charge in [0.15, 0.2) is 0 Å². The van der Waals surface area contributed by atoms with E-state index in [1.165, 1.54) is 21.6 Å². The van der Waals surface area contributed by atoms with Crippen molar-refractivity contribution < 1.29 is 19.2 Å². The van der Waals surface area contributed by atoms with Crippen molar-refractivity contribution in [1.82, 2.24) is 21.3 Å². The van der Waals surface area contributed by atoms with E-state index in [9.17, 15) is 19.2 Å². The van der Waals surface area contributed by atoms with Crippen LogP contribution in [0.15, 0.2) is 0 Å². The summed E-state index contributed by atoms with van der Waals surface area (Å²) in [7, 11) is 2.62. The Labute approximate surface area is 172 Å². The first-order chi connectivity index (χ1) is 12.5. The summed E-state index contributed by atoms with van der Waals surface area (Å²) in [5.41, 5.74) is 0. The molecule has 4 amide bonds. The van der Waals surface area contributed by atoms with E-state index in [2.05, 4.69) is 46.5 Å². The lowest BCUT2D eigenvalue weighted by atomic mass is 10.4. The average molecular weight is 443 g/mol. The Hall–Kier alpha value is -0.720.